The zero-order valence-corrected chi connectivity index (χ0v) is 10.6. The van der Waals surface area contributed by atoms with Crippen LogP contribution in [0.25, 0.3) is 0 Å². The molecular weight excluding hydrogens is 204 g/mol. The molecule has 0 aromatic carbocycles. The van der Waals surface area contributed by atoms with Gasteiger partial charge >= 0.3 is 5.97 Å². The van der Waals surface area contributed by atoms with Gasteiger partial charge < -0.3 is 15.3 Å². The summed E-state index contributed by atoms with van der Waals surface area (Å²) in [6.45, 7) is 13.2. The maximum absolute atomic E-state index is 10.9. The number of carbonyl (C=O) groups is 1. The fourth-order valence-corrected chi connectivity index (χ4v) is 1.64. The molecule has 0 saturated carbocycles. The topological polar surface area (TPSA) is 52.6 Å². The smallest absolute Gasteiger partial charge is 0.312 e. The van der Waals surface area contributed by atoms with E-state index in [2.05, 4.69) is 32.7 Å². The Hall–Kier alpha value is -1.19. The van der Waals surface area contributed by atoms with E-state index in [-0.39, 0.29) is 0 Å². The number of likely N-dealkylation sites (tertiary alicyclic amines) is 1. The lowest BCUT2D eigenvalue weighted by Crippen LogP contribution is -2.60. The summed E-state index contributed by atoms with van der Waals surface area (Å²) >= 11 is 0. The Morgan fingerprint density at radius 2 is 1.94 bits per heavy atom. The molecule has 1 atom stereocenters. The minimum Gasteiger partial charge on any atom is -0.481 e. The highest BCUT2D eigenvalue weighted by molar-refractivity contribution is 5.76. The number of hydrogen-bond donors (Lipinski definition) is 2. The van der Waals surface area contributed by atoms with E-state index in [1.54, 1.807) is 6.92 Å². The molecule has 92 valence electrons. The average Bonchev–Trinajstić information content (AvgIpc) is 2.11. The second kappa shape index (κ2) is 4.36. The molecule has 0 aliphatic carbocycles. The van der Waals surface area contributed by atoms with Crippen LogP contribution < -0.4 is 5.32 Å². The van der Waals surface area contributed by atoms with Crippen molar-refractivity contribution in [1.29, 1.82) is 0 Å². The van der Waals surface area contributed by atoms with Crippen molar-refractivity contribution in [1.82, 2.24) is 10.2 Å². The SMILES string of the molecule is C=C(N[C@H](C)C(C)C)N1CC(C)(C(=O)O)C1. The van der Waals surface area contributed by atoms with Crippen LogP contribution in [0.2, 0.25) is 0 Å². The molecule has 1 aliphatic heterocycles. The van der Waals surface area contributed by atoms with Crippen LogP contribution in [-0.2, 0) is 4.79 Å². The van der Waals surface area contributed by atoms with Crippen molar-refractivity contribution in [3.8, 4) is 0 Å². The Bertz CT molecular complexity index is 293. The minimum absolute atomic E-state index is 0.351. The van der Waals surface area contributed by atoms with Crippen molar-refractivity contribution in [3.63, 3.8) is 0 Å². The maximum atomic E-state index is 10.9. The third-order valence-corrected chi connectivity index (χ3v) is 3.37. The Labute approximate surface area is 97.3 Å². The van der Waals surface area contributed by atoms with Gasteiger partial charge in [0.2, 0.25) is 0 Å². The molecule has 0 aromatic rings. The predicted molar refractivity (Wildman–Crippen MR) is 63.9 cm³/mol. The Balaban J connectivity index is 2.41. The number of carboxylic acid groups (broad SMARTS) is 1. The fraction of sp³-hybridized carbons (Fsp3) is 0.750. The van der Waals surface area contributed by atoms with E-state index in [1.807, 2.05) is 4.90 Å². The van der Waals surface area contributed by atoms with Gasteiger partial charge in [-0.05, 0) is 19.8 Å². The lowest BCUT2D eigenvalue weighted by atomic mass is 9.82. The zero-order valence-electron chi connectivity index (χ0n) is 10.6. The van der Waals surface area contributed by atoms with E-state index in [0.717, 1.165) is 5.82 Å². The molecule has 0 bridgehead atoms. The summed E-state index contributed by atoms with van der Waals surface area (Å²) in [7, 11) is 0. The van der Waals surface area contributed by atoms with Gasteiger partial charge in [-0.1, -0.05) is 20.4 Å². The van der Waals surface area contributed by atoms with Gasteiger partial charge in [-0.25, -0.2) is 0 Å². The van der Waals surface area contributed by atoms with E-state index < -0.39 is 11.4 Å². The van der Waals surface area contributed by atoms with Crippen molar-refractivity contribution < 1.29 is 9.90 Å². The molecule has 0 spiro atoms. The van der Waals surface area contributed by atoms with Crippen LogP contribution in [0.15, 0.2) is 12.4 Å². The first-order valence-corrected chi connectivity index (χ1v) is 5.70. The Kier molecular flexibility index (Phi) is 3.51. The van der Waals surface area contributed by atoms with Crippen LogP contribution in [0.5, 0.6) is 0 Å². The molecule has 4 nitrogen and oxygen atoms in total. The molecular formula is C12H22N2O2. The van der Waals surface area contributed by atoms with Gasteiger partial charge in [0.05, 0.1) is 11.2 Å². The summed E-state index contributed by atoms with van der Waals surface area (Å²) in [5.74, 6) is 0.636. The normalized spacial score (nSPS) is 20.2. The summed E-state index contributed by atoms with van der Waals surface area (Å²) in [4.78, 5) is 12.9. The molecule has 4 heteroatoms. The van der Waals surface area contributed by atoms with E-state index in [0.29, 0.717) is 25.0 Å². The van der Waals surface area contributed by atoms with Gasteiger partial charge in [-0.2, -0.15) is 0 Å². The molecule has 1 saturated heterocycles. The number of nitrogens with zero attached hydrogens (tertiary/aromatic N) is 1. The highest BCUT2D eigenvalue weighted by Gasteiger charge is 2.45. The third-order valence-electron chi connectivity index (χ3n) is 3.37. The highest BCUT2D eigenvalue weighted by atomic mass is 16.4. The zero-order chi connectivity index (χ0) is 12.5. The Morgan fingerprint density at radius 1 is 1.44 bits per heavy atom. The summed E-state index contributed by atoms with van der Waals surface area (Å²) in [5, 5.41) is 12.3. The molecule has 1 aliphatic rings. The quantitative estimate of drug-likeness (QED) is 0.746. The van der Waals surface area contributed by atoms with Gasteiger partial charge in [-0.15, -0.1) is 0 Å². The predicted octanol–water partition coefficient (Wildman–Crippen LogP) is 1.50. The van der Waals surface area contributed by atoms with Gasteiger partial charge in [0.15, 0.2) is 0 Å². The highest BCUT2D eigenvalue weighted by Crippen LogP contribution is 2.31. The van der Waals surface area contributed by atoms with Gasteiger partial charge in [0.1, 0.15) is 0 Å². The molecule has 2 N–H and O–H groups in total. The average molecular weight is 226 g/mol. The lowest BCUT2D eigenvalue weighted by Gasteiger charge is -2.47. The molecule has 0 amide bonds. The summed E-state index contributed by atoms with van der Waals surface area (Å²) in [6, 6.07) is 0.351. The van der Waals surface area contributed by atoms with Crippen LogP contribution in [-0.4, -0.2) is 35.1 Å². The van der Waals surface area contributed by atoms with Crippen molar-refractivity contribution in [2.75, 3.05) is 13.1 Å². The first-order chi connectivity index (χ1) is 7.26. The largest absolute Gasteiger partial charge is 0.481 e. The van der Waals surface area contributed by atoms with E-state index in [4.69, 9.17) is 5.11 Å². The maximum Gasteiger partial charge on any atom is 0.312 e. The first kappa shape index (κ1) is 12.9. The Morgan fingerprint density at radius 3 is 2.31 bits per heavy atom. The number of rotatable bonds is 5. The van der Waals surface area contributed by atoms with Crippen molar-refractivity contribution >= 4 is 5.97 Å². The van der Waals surface area contributed by atoms with Gasteiger partial charge in [0.25, 0.3) is 0 Å². The number of aliphatic carboxylic acids is 1. The summed E-state index contributed by atoms with van der Waals surface area (Å²) in [5.41, 5.74) is -0.605. The number of nitrogens with one attached hydrogen (secondary N) is 1. The second-order valence-corrected chi connectivity index (χ2v) is 5.35. The van der Waals surface area contributed by atoms with Crippen LogP contribution >= 0.6 is 0 Å². The standard InChI is InChI=1S/C12H22N2O2/c1-8(2)9(3)13-10(4)14-6-12(5,7-14)11(15)16/h8-9,13H,4,6-7H2,1-3,5H3,(H,15,16)/t9-/m1/s1. The second-order valence-electron chi connectivity index (χ2n) is 5.35. The molecule has 16 heavy (non-hydrogen) atoms. The van der Waals surface area contributed by atoms with Gasteiger partial charge in [-0.3, -0.25) is 4.79 Å². The first-order valence-electron chi connectivity index (χ1n) is 5.70. The van der Waals surface area contributed by atoms with E-state index in [9.17, 15) is 4.79 Å². The van der Waals surface area contributed by atoms with Crippen LogP contribution in [0.4, 0.5) is 0 Å². The minimum atomic E-state index is -0.728. The van der Waals surface area contributed by atoms with E-state index in [1.165, 1.54) is 0 Å². The van der Waals surface area contributed by atoms with Crippen molar-refractivity contribution in [2.24, 2.45) is 11.3 Å². The number of carboxylic acids is 1. The van der Waals surface area contributed by atoms with E-state index >= 15 is 0 Å². The monoisotopic (exact) mass is 226 g/mol. The van der Waals surface area contributed by atoms with Gasteiger partial charge in [0, 0.05) is 19.1 Å². The number of hydrogen-bond acceptors (Lipinski definition) is 3. The lowest BCUT2D eigenvalue weighted by molar-refractivity contribution is -0.156. The fourth-order valence-electron chi connectivity index (χ4n) is 1.64. The molecule has 1 fully saturated rings. The van der Waals surface area contributed by atoms with Crippen LogP contribution in [0, 0.1) is 11.3 Å². The molecule has 0 unspecified atom stereocenters. The van der Waals surface area contributed by atoms with Crippen LogP contribution in [0.3, 0.4) is 0 Å². The molecule has 0 aromatic heterocycles. The summed E-state index contributed by atoms with van der Waals surface area (Å²) in [6.07, 6.45) is 0. The summed E-state index contributed by atoms with van der Waals surface area (Å²) < 4.78 is 0. The molecule has 0 radical (unpaired) electrons. The molecule has 1 heterocycles. The third kappa shape index (κ3) is 2.49. The van der Waals surface area contributed by atoms with Crippen molar-refractivity contribution in [2.45, 2.75) is 33.7 Å². The van der Waals surface area contributed by atoms with Crippen LogP contribution in [0.1, 0.15) is 27.7 Å². The molecule has 1 rings (SSSR count). The van der Waals surface area contributed by atoms with Crippen molar-refractivity contribution in [3.05, 3.63) is 12.4 Å².